The molecule has 92 valence electrons. The van der Waals surface area contributed by atoms with E-state index in [2.05, 4.69) is 63.9 Å². The maximum Gasteiger partial charge on any atom is 0.0850 e. The van der Waals surface area contributed by atoms with Crippen LogP contribution in [-0.4, -0.2) is 16.1 Å². The topological polar surface area (TPSA) is 0 Å². The molecule has 0 fully saturated rings. The van der Waals surface area contributed by atoms with Gasteiger partial charge in [-0.25, -0.2) is 0 Å². The van der Waals surface area contributed by atoms with Gasteiger partial charge in [0.2, 0.25) is 0 Å². The molecule has 0 radical (unpaired) electrons. The maximum absolute atomic E-state index is 2.53. The molecule has 0 atom stereocenters. The Bertz CT molecular complexity index is 476. The molecule has 1 aromatic carbocycles. The minimum atomic E-state index is -1.25. The zero-order valence-corrected chi connectivity index (χ0v) is 14.0. The molecular weight excluding hydrogens is 236 g/mol. The van der Waals surface area contributed by atoms with Gasteiger partial charge >= 0.3 is 0 Å². The molecule has 0 spiro atoms. The average Bonchev–Trinajstić information content (AvgIpc) is 2.22. The average molecular weight is 261 g/mol. The quantitative estimate of drug-likeness (QED) is 0.662. The highest BCUT2D eigenvalue weighted by Crippen LogP contribution is 2.36. The lowest BCUT2D eigenvalue weighted by Gasteiger charge is -2.38. The summed E-state index contributed by atoms with van der Waals surface area (Å²) in [5.74, 6) is 0. The summed E-state index contributed by atoms with van der Waals surface area (Å²) in [5.41, 5.74) is 3.14. The van der Waals surface area contributed by atoms with Crippen molar-refractivity contribution in [3.8, 4) is 0 Å². The van der Waals surface area contributed by atoms with Crippen LogP contribution in [0.15, 0.2) is 29.5 Å². The van der Waals surface area contributed by atoms with E-state index in [1.54, 1.807) is 16.3 Å². The van der Waals surface area contributed by atoms with Gasteiger partial charge in [0.15, 0.2) is 0 Å². The lowest BCUT2D eigenvalue weighted by atomic mass is 10.1. The Hall–Kier alpha value is -0.606. The van der Waals surface area contributed by atoms with Crippen molar-refractivity contribution in [2.24, 2.45) is 0 Å². The first-order valence-corrected chi connectivity index (χ1v) is 13.2. The Morgan fingerprint density at radius 3 is 2.24 bits per heavy atom. The summed E-state index contributed by atoms with van der Waals surface area (Å²) in [6, 6.07) is 10.5. The van der Waals surface area contributed by atoms with Gasteiger partial charge in [0.1, 0.15) is 0 Å². The number of hydrogen-bond acceptors (Lipinski definition) is 0. The number of fused-ring (bicyclic) bond motifs is 1. The zero-order chi connectivity index (χ0) is 12.8. The fourth-order valence-electron chi connectivity index (χ4n) is 3.06. The lowest BCUT2D eigenvalue weighted by Crippen LogP contribution is -2.48. The van der Waals surface area contributed by atoms with Gasteiger partial charge < -0.3 is 0 Å². The molecule has 0 aromatic heterocycles. The Labute approximate surface area is 108 Å². The Balaban J connectivity index is 2.68. The normalized spacial score (nSPS) is 19.2. The van der Waals surface area contributed by atoms with Crippen molar-refractivity contribution in [1.82, 2.24) is 0 Å². The van der Waals surface area contributed by atoms with Crippen molar-refractivity contribution in [3.05, 3.63) is 35.0 Å². The summed E-state index contributed by atoms with van der Waals surface area (Å²) in [6.07, 6.45) is 0. The molecule has 0 nitrogen and oxygen atoms in total. The first kappa shape index (κ1) is 12.8. The van der Waals surface area contributed by atoms with Crippen LogP contribution in [0.25, 0.3) is 5.57 Å². The van der Waals surface area contributed by atoms with E-state index >= 15 is 0 Å². The van der Waals surface area contributed by atoms with Gasteiger partial charge in [-0.15, -0.1) is 0 Å². The van der Waals surface area contributed by atoms with Crippen LogP contribution >= 0.6 is 0 Å². The first-order chi connectivity index (χ1) is 7.73. The number of benzene rings is 1. The van der Waals surface area contributed by atoms with Gasteiger partial charge in [-0.2, -0.15) is 0 Å². The summed E-state index contributed by atoms with van der Waals surface area (Å²) >= 11 is 0. The van der Waals surface area contributed by atoms with Crippen LogP contribution in [0.2, 0.25) is 38.8 Å². The van der Waals surface area contributed by atoms with Crippen LogP contribution < -0.4 is 5.19 Å². The molecule has 1 aliphatic rings. The SMILES string of the molecule is CC1=C([Si](C)(C)C)C[Si](C)(C)c2ccccc21. The standard InChI is InChI=1S/C15H24Si2/c1-12-13-9-7-8-10-14(13)17(5,6)11-15(12)16(2,3)4/h7-10H,11H2,1-6H3. The summed E-state index contributed by atoms with van der Waals surface area (Å²) in [4.78, 5) is 0. The Morgan fingerprint density at radius 1 is 1.06 bits per heavy atom. The Kier molecular flexibility index (Phi) is 2.99. The predicted molar refractivity (Wildman–Crippen MR) is 84.3 cm³/mol. The van der Waals surface area contributed by atoms with Crippen LogP contribution in [0.3, 0.4) is 0 Å². The highest BCUT2D eigenvalue weighted by Gasteiger charge is 2.36. The molecular formula is C15H24Si2. The highest BCUT2D eigenvalue weighted by atomic mass is 28.3. The summed E-state index contributed by atoms with van der Waals surface area (Å²) in [6.45, 7) is 14.9. The minimum Gasteiger partial charge on any atom is -0.0799 e. The molecule has 0 unspecified atom stereocenters. The van der Waals surface area contributed by atoms with Crippen LogP contribution in [0.1, 0.15) is 12.5 Å². The van der Waals surface area contributed by atoms with Gasteiger partial charge in [0, 0.05) is 0 Å². The number of allylic oxidation sites excluding steroid dienone is 2. The fraction of sp³-hybridized carbons (Fsp3) is 0.467. The second-order valence-corrected chi connectivity index (χ2v) is 16.7. The molecule has 0 N–H and O–H groups in total. The van der Waals surface area contributed by atoms with E-state index in [9.17, 15) is 0 Å². The predicted octanol–water partition coefficient (Wildman–Crippen LogP) is 4.27. The Morgan fingerprint density at radius 2 is 1.65 bits per heavy atom. The number of hydrogen-bond donors (Lipinski definition) is 0. The first-order valence-electron chi connectivity index (χ1n) is 6.53. The molecule has 1 aromatic rings. The van der Waals surface area contributed by atoms with Gasteiger partial charge in [-0.1, -0.05) is 67.4 Å². The second kappa shape index (κ2) is 3.96. The van der Waals surface area contributed by atoms with Crippen molar-refractivity contribution in [2.45, 2.75) is 45.7 Å². The van der Waals surface area contributed by atoms with Gasteiger partial charge in [0.05, 0.1) is 16.1 Å². The molecule has 0 aliphatic carbocycles. The van der Waals surface area contributed by atoms with Crippen LogP contribution in [-0.2, 0) is 0 Å². The van der Waals surface area contributed by atoms with Crippen LogP contribution in [0.5, 0.6) is 0 Å². The monoisotopic (exact) mass is 260 g/mol. The van der Waals surface area contributed by atoms with Crippen LogP contribution in [0.4, 0.5) is 0 Å². The molecule has 0 bridgehead atoms. The molecule has 2 heteroatoms. The third kappa shape index (κ3) is 2.20. The van der Waals surface area contributed by atoms with E-state index in [1.165, 1.54) is 6.04 Å². The highest BCUT2D eigenvalue weighted by molar-refractivity contribution is 6.95. The largest absolute Gasteiger partial charge is 0.0850 e. The van der Waals surface area contributed by atoms with E-state index in [4.69, 9.17) is 0 Å². The van der Waals surface area contributed by atoms with Crippen molar-refractivity contribution in [3.63, 3.8) is 0 Å². The molecule has 2 rings (SSSR count). The summed E-state index contributed by atoms with van der Waals surface area (Å²) < 4.78 is 0. The molecule has 17 heavy (non-hydrogen) atoms. The van der Waals surface area contributed by atoms with Crippen molar-refractivity contribution >= 4 is 26.9 Å². The molecule has 1 aliphatic heterocycles. The fourth-order valence-corrected chi connectivity index (χ4v) is 10.7. The second-order valence-electron chi connectivity index (χ2n) is 6.96. The smallest absolute Gasteiger partial charge is 0.0799 e. The van der Waals surface area contributed by atoms with Crippen molar-refractivity contribution < 1.29 is 0 Å². The van der Waals surface area contributed by atoms with Crippen molar-refractivity contribution in [1.29, 1.82) is 0 Å². The van der Waals surface area contributed by atoms with Gasteiger partial charge in [0.25, 0.3) is 0 Å². The molecule has 0 saturated heterocycles. The molecule has 0 saturated carbocycles. The number of rotatable bonds is 1. The molecule has 1 heterocycles. The lowest BCUT2D eigenvalue weighted by molar-refractivity contribution is 1.37. The molecule has 0 amide bonds. The zero-order valence-electron chi connectivity index (χ0n) is 12.0. The van der Waals surface area contributed by atoms with Gasteiger partial charge in [-0.05, 0) is 24.1 Å². The third-order valence-corrected chi connectivity index (χ3v) is 9.88. The van der Waals surface area contributed by atoms with Crippen molar-refractivity contribution in [2.75, 3.05) is 0 Å². The third-order valence-electron chi connectivity index (χ3n) is 4.04. The van der Waals surface area contributed by atoms with Gasteiger partial charge in [-0.3, -0.25) is 0 Å². The van der Waals surface area contributed by atoms with E-state index in [-0.39, 0.29) is 0 Å². The van der Waals surface area contributed by atoms with Crippen LogP contribution in [0, 0.1) is 0 Å². The van der Waals surface area contributed by atoms with E-state index in [1.807, 2.05) is 5.20 Å². The summed E-state index contributed by atoms with van der Waals surface area (Å²) in [7, 11) is -2.41. The minimum absolute atomic E-state index is 1.16. The maximum atomic E-state index is 2.53. The summed E-state index contributed by atoms with van der Waals surface area (Å²) in [5, 5.41) is 3.48. The van der Waals surface area contributed by atoms with E-state index in [0.717, 1.165) is 0 Å². The van der Waals surface area contributed by atoms with E-state index in [0.29, 0.717) is 0 Å². The van der Waals surface area contributed by atoms with E-state index < -0.39 is 16.1 Å².